The van der Waals surface area contributed by atoms with Crippen LogP contribution in [0, 0.1) is 13.8 Å². The molecule has 1 aliphatic rings. The minimum atomic E-state index is 0.379. The van der Waals surface area contributed by atoms with Crippen LogP contribution in [0.1, 0.15) is 24.2 Å². The van der Waals surface area contributed by atoms with E-state index < -0.39 is 0 Å². The highest BCUT2D eigenvalue weighted by Crippen LogP contribution is 2.19. The zero-order valence-corrected chi connectivity index (χ0v) is 9.94. The quantitative estimate of drug-likeness (QED) is 0.589. The van der Waals surface area contributed by atoms with Gasteiger partial charge in [-0.05, 0) is 26.0 Å². The van der Waals surface area contributed by atoms with Crippen LogP contribution in [-0.4, -0.2) is 0 Å². The molecule has 0 N–H and O–H groups in total. The average molecular weight is 212 g/mol. The van der Waals surface area contributed by atoms with Gasteiger partial charge in [-0.15, -0.1) is 9.13 Å². The molecule has 0 saturated carbocycles. The number of hydrogen-bond acceptors (Lipinski definition) is 0. The molecule has 0 radical (unpaired) electrons. The molecular formula is C14H16N2+2. The summed E-state index contributed by atoms with van der Waals surface area (Å²) in [5, 5.41) is 0. The Morgan fingerprint density at radius 1 is 0.812 bits per heavy atom. The molecule has 3 rings (SSSR count). The van der Waals surface area contributed by atoms with Gasteiger partial charge in [-0.2, -0.15) is 0 Å². The molecule has 0 aliphatic carbocycles. The van der Waals surface area contributed by atoms with Crippen LogP contribution >= 0.6 is 0 Å². The molecule has 0 atom stereocenters. The van der Waals surface area contributed by atoms with E-state index in [9.17, 15) is 0 Å². The van der Waals surface area contributed by atoms with Crippen LogP contribution in [0.5, 0.6) is 0 Å². The number of nitrogens with zero attached hydrogens (tertiary/aromatic N) is 2. The van der Waals surface area contributed by atoms with E-state index in [2.05, 4.69) is 66.6 Å². The Bertz CT molecular complexity index is 521. The highest BCUT2D eigenvalue weighted by atomic mass is 15.3. The molecule has 80 valence electrons. The summed E-state index contributed by atoms with van der Waals surface area (Å²) in [6.07, 6.45) is 4.83. The van der Waals surface area contributed by atoms with Crippen LogP contribution in [0.2, 0.25) is 0 Å². The Hall–Kier alpha value is -1.70. The van der Waals surface area contributed by atoms with Crippen molar-refractivity contribution in [1.82, 2.24) is 0 Å². The summed E-state index contributed by atoms with van der Waals surface area (Å²) < 4.78 is 4.67. The monoisotopic (exact) mass is 212 g/mol. The fraction of sp³-hybridized carbons (Fsp3) is 0.286. The van der Waals surface area contributed by atoms with Gasteiger partial charge in [0, 0.05) is 23.3 Å². The molecule has 0 amide bonds. The summed E-state index contributed by atoms with van der Waals surface area (Å²) in [7, 11) is 0. The Labute approximate surface area is 95.8 Å². The maximum Gasteiger partial charge on any atom is 0.350 e. The molecule has 2 aromatic rings. The normalized spacial score (nSPS) is 13.7. The fourth-order valence-corrected chi connectivity index (χ4v) is 2.44. The van der Waals surface area contributed by atoms with Gasteiger partial charge >= 0.3 is 6.17 Å². The summed E-state index contributed by atoms with van der Waals surface area (Å²) >= 11 is 0. The lowest BCUT2D eigenvalue weighted by molar-refractivity contribution is -0.906. The van der Waals surface area contributed by atoms with Gasteiger partial charge in [0.1, 0.15) is 0 Å². The third kappa shape index (κ3) is 1.19. The van der Waals surface area contributed by atoms with Crippen LogP contribution in [0.3, 0.4) is 0 Å². The molecule has 2 aromatic heterocycles. The maximum absolute atomic E-state index is 2.34. The van der Waals surface area contributed by atoms with Crippen LogP contribution in [0.4, 0.5) is 0 Å². The zero-order valence-electron chi connectivity index (χ0n) is 9.94. The van der Waals surface area contributed by atoms with E-state index >= 15 is 0 Å². The smallest absolute Gasteiger partial charge is 0.131 e. The number of hydrogen-bond donors (Lipinski definition) is 0. The first-order chi connectivity index (χ1) is 7.66. The predicted molar refractivity (Wildman–Crippen MR) is 61.9 cm³/mol. The standard InChI is InChI=1S/C14H16N2/c1-10-4-6-13-14-7-5-11(2)9-16(14)12(3)15(13)8-10/h4-9,12H,1-3H3/q+2. The first-order valence-electron chi connectivity index (χ1n) is 5.71. The van der Waals surface area contributed by atoms with Gasteiger partial charge in [0.15, 0.2) is 12.4 Å². The summed E-state index contributed by atoms with van der Waals surface area (Å²) in [5.74, 6) is 0. The van der Waals surface area contributed by atoms with Crippen molar-refractivity contribution < 1.29 is 9.13 Å². The van der Waals surface area contributed by atoms with Crippen molar-refractivity contribution in [2.24, 2.45) is 0 Å². The van der Waals surface area contributed by atoms with Crippen LogP contribution in [0.25, 0.3) is 11.4 Å². The van der Waals surface area contributed by atoms with E-state index in [0.29, 0.717) is 6.17 Å². The summed E-state index contributed by atoms with van der Waals surface area (Å²) in [6, 6.07) is 8.77. The van der Waals surface area contributed by atoms with E-state index in [-0.39, 0.29) is 0 Å². The zero-order chi connectivity index (χ0) is 11.3. The lowest BCUT2D eigenvalue weighted by atomic mass is 10.2. The number of fused-ring (bicyclic) bond motifs is 3. The van der Waals surface area contributed by atoms with Gasteiger partial charge in [-0.1, -0.05) is 0 Å². The van der Waals surface area contributed by atoms with E-state index in [0.717, 1.165) is 0 Å². The minimum Gasteiger partial charge on any atom is -0.131 e. The van der Waals surface area contributed by atoms with Gasteiger partial charge in [0.25, 0.3) is 11.4 Å². The molecule has 0 spiro atoms. The lowest BCUT2D eigenvalue weighted by Gasteiger charge is -1.96. The Morgan fingerprint density at radius 2 is 1.25 bits per heavy atom. The second kappa shape index (κ2) is 3.14. The van der Waals surface area contributed by atoms with E-state index in [1.807, 2.05) is 0 Å². The van der Waals surface area contributed by atoms with Crippen molar-refractivity contribution in [3.63, 3.8) is 0 Å². The van der Waals surface area contributed by atoms with Crippen molar-refractivity contribution in [3.05, 3.63) is 47.8 Å². The van der Waals surface area contributed by atoms with E-state index in [1.165, 1.54) is 22.5 Å². The van der Waals surface area contributed by atoms with Crippen LogP contribution < -0.4 is 9.13 Å². The molecule has 0 fully saturated rings. The van der Waals surface area contributed by atoms with E-state index in [4.69, 9.17) is 0 Å². The molecule has 2 nitrogen and oxygen atoms in total. The van der Waals surface area contributed by atoms with Gasteiger partial charge in [0.05, 0.1) is 6.92 Å². The second-order valence-electron chi connectivity index (χ2n) is 4.63. The third-order valence-electron chi connectivity index (χ3n) is 3.32. The fourth-order valence-electron chi connectivity index (χ4n) is 2.44. The topological polar surface area (TPSA) is 7.76 Å². The Morgan fingerprint density at radius 3 is 1.69 bits per heavy atom. The van der Waals surface area contributed by atoms with Crippen LogP contribution in [0.15, 0.2) is 36.7 Å². The van der Waals surface area contributed by atoms with Crippen molar-refractivity contribution >= 4 is 0 Å². The molecule has 0 aromatic carbocycles. The van der Waals surface area contributed by atoms with Crippen LogP contribution in [-0.2, 0) is 0 Å². The molecule has 0 saturated heterocycles. The van der Waals surface area contributed by atoms with Gasteiger partial charge in [0.2, 0.25) is 0 Å². The second-order valence-corrected chi connectivity index (χ2v) is 4.63. The molecule has 1 aliphatic heterocycles. The molecule has 2 heteroatoms. The van der Waals surface area contributed by atoms with Gasteiger partial charge in [-0.3, -0.25) is 0 Å². The molecule has 3 heterocycles. The molecule has 16 heavy (non-hydrogen) atoms. The Kier molecular flexibility index (Phi) is 1.87. The number of aryl methyl sites for hydroxylation is 2. The largest absolute Gasteiger partial charge is 0.350 e. The van der Waals surface area contributed by atoms with Crippen molar-refractivity contribution in [2.45, 2.75) is 26.9 Å². The summed E-state index contributed by atoms with van der Waals surface area (Å²) in [6.45, 7) is 6.51. The maximum atomic E-state index is 2.34. The Balaban J connectivity index is 2.30. The lowest BCUT2D eigenvalue weighted by Crippen LogP contribution is -2.50. The minimum absolute atomic E-state index is 0.379. The molecule has 0 bridgehead atoms. The predicted octanol–water partition coefficient (Wildman–Crippen LogP) is 1.93. The highest BCUT2D eigenvalue weighted by molar-refractivity contribution is 5.48. The third-order valence-corrected chi connectivity index (χ3v) is 3.32. The SMILES string of the molecule is Cc1ccc2[n+](c1)C(C)[n+]1cc(C)ccc1-2. The van der Waals surface area contributed by atoms with E-state index in [1.54, 1.807) is 0 Å². The molecular weight excluding hydrogens is 196 g/mol. The summed E-state index contributed by atoms with van der Waals surface area (Å²) in [5.41, 5.74) is 5.22. The average Bonchev–Trinajstić information content (AvgIpc) is 2.53. The summed E-state index contributed by atoms with van der Waals surface area (Å²) in [4.78, 5) is 0. The number of rotatable bonds is 0. The highest BCUT2D eigenvalue weighted by Gasteiger charge is 2.40. The van der Waals surface area contributed by atoms with Gasteiger partial charge < -0.3 is 0 Å². The number of pyridine rings is 2. The first kappa shape index (κ1) is 9.52. The number of aromatic nitrogens is 2. The van der Waals surface area contributed by atoms with Crippen molar-refractivity contribution in [3.8, 4) is 11.4 Å². The first-order valence-corrected chi connectivity index (χ1v) is 5.71. The van der Waals surface area contributed by atoms with Crippen molar-refractivity contribution in [2.75, 3.05) is 0 Å². The van der Waals surface area contributed by atoms with Crippen molar-refractivity contribution in [1.29, 1.82) is 0 Å². The molecule has 0 unspecified atom stereocenters. The van der Waals surface area contributed by atoms with Gasteiger partial charge in [-0.25, -0.2) is 0 Å².